The molecule has 2 nitrogen and oxygen atoms in total. The third-order valence-corrected chi connectivity index (χ3v) is 3.39. The maximum atomic E-state index is 9.68. The molecule has 0 unspecified atom stereocenters. The minimum absolute atomic E-state index is 0.226. The minimum Gasteiger partial charge on any atom is -0.503 e. The zero-order chi connectivity index (χ0) is 9.42. The van der Waals surface area contributed by atoms with E-state index in [0.717, 1.165) is 14.6 Å². The molecular formula is C9H7BrO2S. The number of rotatable bonds is 1. The monoisotopic (exact) mass is 258 g/mol. The van der Waals surface area contributed by atoms with Gasteiger partial charge in [0.15, 0.2) is 5.75 Å². The van der Waals surface area contributed by atoms with Crippen LogP contribution in [-0.2, 0) is 0 Å². The van der Waals surface area contributed by atoms with Gasteiger partial charge in [0.1, 0.15) is 0 Å². The van der Waals surface area contributed by atoms with Crippen molar-refractivity contribution in [2.45, 2.75) is 0 Å². The molecule has 0 saturated carbocycles. The molecular weight excluding hydrogens is 252 g/mol. The van der Waals surface area contributed by atoms with Gasteiger partial charge in [0.05, 0.1) is 7.11 Å². The number of thiophene rings is 1. The van der Waals surface area contributed by atoms with Crippen LogP contribution in [0.25, 0.3) is 10.1 Å². The van der Waals surface area contributed by atoms with Crippen LogP contribution in [0.15, 0.2) is 22.7 Å². The number of hydrogen-bond donors (Lipinski definition) is 1. The van der Waals surface area contributed by atoms with Gasteiger partial charge in [-0.25, -0.2) is 0 Å². The normalized spacial score (nSPS) is 10.6. The number of ether oxygens (including phenoxy) is 1. The minimum atomic E-state index is 0.226. The third-order valence-electron chi connectivity index (χ3n) is 1.78. The van der Waals surface area contributed by atoms with Crippen molar-refractivity contribution in [3.8, 4) is 10.8 Å². The lowest BCUT2D eigenvalue weighted by atomic mass is 10.2. The van der Waals surface area contributed by atoms with E-state index in [2.05, 4.69) is 15.9 Å². The predicted molar refractivity (Wildman–Crippen MR) is 57.7 cm³/mol. The fraction of sp³-hybridized carbons (Fsp3) is 0.111. The largest absolute Gasteiger partial charge is 0.503 e. The highest BCUT2D eigenvalue weighted by Crippen LogP contribution is 2.43. The van der Waals surface area contributed by atoms with Crippen molar-refractivity contribution in [2.75, 3.05) is 7.11 Å². The van der Waals surface area contributed by atoms with E-state index >= 15 is 0 Å². The molecule has 0 spiro atoms. The summed E-state index contributed by atoms with van der Waals surface area (Å²) < 4.78 is 7.00. The maximum Gasteiger partial charge on any atom is 0.217 e. The van der Waals surface area contributed by atoms with Crippen LogP contribution in [-0.4, -0.2) is 12.2 Å². The number of methoxy groups -OCH3 is 1. The SMILES string of the molecule is COc1sc2ccc(Br)cc2c1O. The van der Waals surface area contributed by atoms with Gasteiger partial charge in [-0.2, -0.15) is 0 Å². The van der Waals surface area contributed by atoms with E-state index in [1.54, 1.807) is 7.11 Å². The van der Waals surface area contributed by atoms with E-state index in [4.69, 9.17) is 4.74 Å². The molecule has 0 atom stereocenters. The van der Waals surface area contributed by atoms with E-state index in [1.807, 2.05) is 18.2 Å². The highest BCUT2D eigenvalue weighted by atomic mass is 79.9. The molecule has 0 radical (unpaired) electrons. The van der Waals surface area contributed by atoms with Gasteiger partial charge in [0, 0.05) is 14.6 Å². The van der Waals surface area contributed by atoms with Crippen molar-refractivity contribution in [1.29, 1.82) is 0 Å². The van der Waals surface area contributed by atoms with Gasteiger partial charge in [-0.3, -0.25) is 0 Å². The summed E-state index contributed by atoms with van der Waals surface area (Å²) in [7, 11) is 1.56. The smallest absolute Gasteiger partial charge is 0.217 e. The average Bonchev–Trinajstić information content (AvgIpc) is 2.44. The molecule has 1 N–H and O–H groups in total. The maximum absolute atomic E-state index is 9.68. The summed E-state index contributed by atoms with van der Waals surface area (Å²) in [6.07, 6.45) is 0. The summed E-state index contributed by atoms with van der Waals surface area (Å²) in [5, 5.41) is 11.1. The Labute approximate surface area is 87.9 Å². The Kier molecular flexibility index (Phi) is 2.17. The second kappa shape index (κ2) is 3.20. The first-order valence-corrected chi connectivity index (χ1v) is 5.28. The number of halogens is 1. The number of hydrogen-bond acceptors (Lipinski definition) is 3. The fourth-order valence-corrected chi connectivity index (χ4v) is 2.43. The van der Waals surface area contributed by atoms with Crippen LogP contribution >= 0.6 is 27.3 Å². The van der Waals surface area contributed by atoms with Crippen LogP contribution in [0.2, 0.25) is 0 Å². The Bertz CT molecular complexity index is 450. The standard InChI is InChI=1S/C9H7BrO2S/c1-12-9-8(11)6-4-5(10)2-3-7(6)13-9/h2-4,11H,1H3. The van der Waals surface area contributed by atoms with Crippen LogP contribution in [0, 0.1) is 0 Å². The van der Waals surface area contributed by atoms with E-state index < -0.39 is 0 Å². The Morgan fingerprint density at radius 2 is 2.23 bits per heavy atom. The second-order valence-corrected chi connectivity index (χ2v) is 4.51. The molecule has 1 aromatic carbocycles. The average molecular weight is 259 g/mol. The number of fused-ring (bicyclic) bond motifs is 1. The molecule has 4 heteroatoms. The predicted octanol–water partition coefficient (Wildman–Crippen LogP) is 3.38. The van der Waals surface area contributed by atoms with Gasteiger partial charge in [-0.1, -0.05) is 27.3 Å². The summed E-state index contributed by atoms with van der Waals surface area (Å²) in [4.78, 5) is 0. The van der Waals surface area contributed by atoms with E-state index in [0.29, 0.717) is 5.06 Å². The van der Waals surface area contributed by atoms with Crippen molar-refractivity contribution in [3.05, 3.63) is 22.7 Å². The molecule has 68 valence electrons. The lowest BCUT2D eigenvalue weighted by Crippen LogP contribution is -1.75. The van der Waals surface area contributed by atoms with Crippen LogP contribution < -0.4 is 4.74 Å². The third kappa shape index (κ3) is 1.40. The van der Waals surface area contributed by atoms with Gasteiger partial charge >= 0.3 is 0 Å². The van der Waals surface area contributed by atoms with Crippen molar-refractivity contribution in [1.82, 2.24) is 0 Å². The molecule has 1 aromatic heterocycles. The molecule has 0 bridgehead atoms. The molecule has 0 amide bonds. The highest BCUT2D eigenvalue weighted by molar-refractivity contribution is 9.10. The lowest BCUT2D eigenvalue weighted by Gasteiger charge is -1.93. The quantitative estimate of drug-likeness (QED) is 0.850. The van der Waals surface area contributed by atoms with Crippen molar-refractivity contribution in [2.24, 2.45) is 0 Å². The summed E-state index contributed by atoms with van der Waals surface area (Å²) in [6.45, 7) is 0. The van der Waals surface area contributed by atoms with Crippen LogP contribution in [0.5, 0.6) is 10.8 Å². The molecule has 1 heterocycles. The number of aromatic hydroxyl groups is 1. The summed E-state index contributed by atoms with van der Waals surface area (Å²) in [5.74, 6) is 0.226. The topological polar surface area (TPSA) is 29.5 Å². The molecule has 13 heavy (non-hydrogen) atoms. The molecule has 2 aromatic rings. The van der Waals surface area contributed by atoms with Crippen molar-refractivity contribution >= 4 is 37.4 Å². The summed E-state index contributed by atoms with van der Waals surface area (Å²) in [5.41, 5.74) is 0. The van der Waals surface area contributed by atoms with Gasteiger partial charge in [-0.15, -0.1) is 0 Å². The fourth-order valence-electron chi connectivity index (χ4n) is 1.17. The van der Waals surface area contributed by atoms with Crippen LogP contribution in [0.4, 0.5) is 0 Å². The first kappa shape index (κ1) is 8.84. The molecule has 2 rings (SSSR count). The van der Waals surface area contributed by atoms with E-state index in [1.165, 1.54) is 11.3 Å². The Morgan fingerprint density at radius 1 is 1.46 bits per heavy atom. The molecule has 0 aliphatic rings. The van der Waals surface area contributed by atoms with Gasteiger partial charge in [0.25, 0.3) is 0 Å². The molecule has 0 aliphatic carbocycles. The van der Waals surface area contributed by atoms with Gasteiger partial charge in [0.2, 0.25) is 5.06 Å². The summed E-state index contributed by atoms with van der Waals surface area (Å²) in [6, 6.07) is 5.77. The van der Waals surface area contributed by atoms with Gasteiger partial charge in [-0.05, 0) is 18.2 Å². The number of benzene rings is 1. The van der Waals surface area contributed by atoms with Gasteiger partial charge < -0.3 is 9.84 Å². The summed E-state index contributed by atoms with van der Waals surface area (Å²) >= 11 is 4.79. The molecule has 0 saturated heterocycles. The lowest BCUT2D eigenvalue weighted by molar-refractivity contribution is 0.388. The first-order chi connectivity index (χ1) is 6.22. The van der Waals surface area contributed by atoms with Crippen molar-refractivity contribution in [3.63, 3.8) is 0 Å². The van der Waals surface area contributed by atoms with Crippen LogP contribution in [0.1, 0.15) is 0 Å². The zero-order valence-electron chi connectivity index (χ0n) is 6.87. The first-order valence-electron chi connectivity index (χ1n) is 3.67. The molecule has 0 fully saturated rings. The second-order valence-electron chi connectivity index (χ2n) is 2.58. The van der Waals surface area contributed by atoms with Crippen molar-refractivity contribution < 1.29 is 9.84 Å². The van der Waals surface area contributed by atoms with E-state index in [-0.39, 0.29) is 5.75 Å². The van der Waals surface area contributed by atoms with Crippen LogP contribution in [0.3, 0.4) is 0 Å². The van der Waals surface area contributed by atoms with E-state index in [9.17, 15) is 5.11 Å². The zero-order valence-corrected chi connectivity index (χ0v) is 9.28. The Hall–Kier alpha value is -0.740. The highest BCUT2D eigenvalue weighted by Gasteiger charge is 2.10. The Balaban J connectivity index is 2.77. The molecule has 0 aliphatic heterocycles. The Morgan fingerprint density at radius 3 is 2.92 bits per heavy atom.